The van der Waals surface area contributed by atoms with Gasteiger partial charge in [-0.05, 0) is 6.07 Å². The summed E-state index contributed by atoms with van der Waals surface area (Å²) in [6, 6.07) is 7.75. The molecular formula is C15H23ClN2O3. The van der Waals surface area contributed by atoms with Crippen LogP contribution in [0.3, 0.4) is 0 Å². The van der Waals surface area contributed by atoms with Crippen LogP contribution in [0.5, 0.6) is 5.75 Å². The van der Waals surface area contributed by atoms with Crippen LogP contribution in [0.4, 0.5) is 0 Å². The predicted octanol–water partition coefficient (Wildman–Crippen LogP) is 1.45. The third kappa shape index (κ3) is 5.19. The molecule has 1 N–H and O–H groups in total. The first kappa shape index (κ1) is 17.8. The SMILES string of the molecule is COc1ccccc1CN(C)C(=O)CC1CNCCO1.Cl. The number of hydrogen-bond donors (Lipinski definition) is 1. The van der Waals surface area contributed by atoms with Crippen LogP contribution in [0.1, 0.15) is 12.0 Å². The number of rotatable bonds is 5. The monoisotopic (exact) mass is 314 g/mol. The molecule has 0 spiro atoms. The number of hydrogen-bond acceptors (Lipinski definition) is 4. The van der Waals surface area contributed by atoms with Gasteiger partial charge in [0.15, 0.2) is 0 Å². The number of methoxy groups -OCH3 is 1. The second kappa shape index (κ2) is 8.87. The normalized spacial score (nSPS) is 17.7. The van der Waals surface area contributed by atoms with Gasteiger partial charge >= 0.3 is 0 Å². The lowest BCUT2D eigenvalue weighted by molar-refractivity contribution is -0.134. The van der Waals surface area contributed by atoms with E-state index in [9.17, 15) is 4.79 Å². The van der Waals surface area contributed by atoms with Gasteiger partial charge in [-0.25, -0.2) is 0 Å². The summed E-state index contributed by atoms with van der Waals surface area (Å²) in [5, 5.41) is 3.23. The van der Waals surface area contributed by atoms with Gasteiger partial charge in [0.2, 0.25) is 5.91 Å². The number of amides is 1. The standard InChI is InChI=1S/C15H22N2O3.ClH/c1-17(11-12-5-3-4-6-14(12)19-2)15(18)9-13-10-16-7-8-20-13;/h3-6,13,16H,7-11H2,1-2H3;1H. The Balaban J connectivity index is 0.00000220. The molecule has 1 aliphatic rings. The smallest absolute Gasteiger partial charge is 0.225 e. The van der Waals surface area contributed by atoms with Gasteiger partial charge in [0.05, 0.1) is 26.2 Å². The number of carbonyl (C=O) groups excluding carboxylic acids is 1. The Morgan fingerprint density at radius 1 is 1.48 bits per heavy atom. The van der Waals surface area contributed by atoms with Crippen LogP contribution in [-0.2, 0) is 16.1 Å². The summed E-state index contributed by atoms with van der Waals surface area (Å²) in [5.41, 5.74) is 1.01. The molecule has 1 amide bonds. The number of nitrogens with zero attached hydrogens (tertiary/aromatic N) is 1. The van der Waals surface area contributed by atoms with Crippen LogP contribution in [0.2, 0.25) is 0 Å². The van der Waals surface area contributed by atoms with Crippen molar-refractivity contribution in [3.63, 3.8) is 0 Å². The zero-order valence-electron chi connectivity index (χ0n) is 12.5. The summed E-state index contributed by atoms with van der Waals surface area (Å²) in [6.45, 7) is 2.83. The largest absolute Gasteiger partial charge is 0.496 e. The maximum absolute atomic E-state index is 12.2. The summed E-state index contributed by atoms with van der Waals surface area (Å²) in [4.78, 5) is 13.9. The Labute approximate surface area is 132 Å². The number of ether oxygens (including phenoxy) is 2. The molecule has 1 atom stereocenters. The zero-order valence-corrected chi connectivity index (χ0v) is 13.3. The highest BCUT2D eigenvalue weighted by molar-refractivity contribution is 5.85. The summed E-state index contributed by atoms with van der Waals surface area (Å²) in [7, 11) is 3.45. The number of halogens is 1. The van der Waals surface area contributed by atoms with Crippen molar-refractivity contribution in [3.8, 4) is 5.75 Å². The number of para-hydroxylation sites is 1. The molecule has 1 saturated heterocycles. The topological polar surface area (TPSA) is 50.8 Å². The number of benzene rings is 1. The Morgan fingerprint density at radius 2 is 2.24 bits per heavy atom. The maximum Gasteiger partial charge on any atom is 0.225 e. The van der Waals surface area contributed by atoms with Crippen molar-refractivity contribution in [3.05, 3.63) is 29.8 Å². The van der Waals surface area contributed by atoms with Crippen LogP contribution < -0.4 is 10.1 Å². The van der Waals surface area contributed by atoms with Crippen molar-refractivity contribution in [2.24, 2.45) is 0 Å². The van der Waals surface area contributed by atoms with Gasteiger partial charge in [0, 0.05) is 32.2 Å². The minimum Gasteiger partial charge on any atom is -0.496 e. The van der Waals surface area contributed by atoms with E-state index in [2.05, 4.69) is 5.32 Å². The van der Waals surface area contributed by atoms with Crippen molar-refractivity contribution in [2.45, 2.75) is 19.1 Å². The third-order valence-corrected chi connectivity index (χ3v) is 3.43. The Morgan fingerprint density at radius 3 is 2.90 bits per heavy atom. The van der Waals surface area contributed by atoms with Crippen LogP contribution in [-0.4, -0.2) is 50.8 Å². The molecule has 0 saturated carbocycles. The highest BCUT2D eigenvalue weighted by atomic mass is 35.5. The van der Waals surface area contributed by atoms with Crippen LogP contribution >= 0.6 is 12.4 Å². The molecule has 1 fully saturated rings. The van der Waals surface area contributed by atoms with E-state index >= 15 is 0 Å². The average Bonchev–Trinajstić information content (AvgIpc) is 2.48. The lowest BCUT2D eigenvalue weighted by Crippen LogP contribution is -2.41. The number of nitrogens with one attached hydrogen (secondary N) is 1. The van der Waals surface area contributed by atoms with Gasteiger partial charge < -0.3 is 19.7 Å². The molecule has 2 rings (SSSR count). The molecule has 1 aromatic carbocycles. The van der Waals surface area contributed by atoms with Gasteiger partial charge in [-0.1, -0.05) is 18.2 Å². The van der Waals surface area contributed by atoms with Crippen LogP contribution in [0.15, 0.2) is 24.3 Å². The molecule has 5 nitrogen and oxygen atoms in total. The first-order valence-electron chi connectivity index (χ1n) is 6.89. The highest BCUT2D eigenvalue weighted by Gasteiger charge is 2.20. The minimum atomic E-state index is -0.0173. The maximum atomic E-state index is 12.2. The summed E-state index contributed by atoms with van der Waals surface area (Å²) >= 11 is 0. The Bertz CT molecular complexity index is 450. The molecule has 1 heterocycles. The van der Waals surface area contributed by atoms with Gasteiger partial charge in [-0.15, -0.1) is 12.4 Å². The molecule has 21 heavy (non-hydrogen) atoms. The third-order valence-electron chi connectivity index (χ3n) is 3.43. The van der Waals surface area contributed by atoms with Gasteiger partial charge in [0.1, 0.15) is 5.75 Å². The predicted molar refractivity (Wildman–Crippen MR) is 83.9 cm³/mol. The Hall–Kier alpha value is -1.30. The van der Waals surface area contributed by atoms with Crippen molar-refractivity contribution >= 4 is 18.3 Å². The fourth-order valence-corrected chi connectivity index (χ4v) is 2.28. The Kier molecular flexibility index (Phi) is 7.50. The van der Waals surface area contributed by atoms with E-state index in [-0.39, 0.29) is 24.4 Å². The number of morpholine rings is 1. The molecule has 118 valence electrons. The lowest BCUT2D eigenvalue weighted by Gasteiger charge is -2.25. The van der Waals surface area contributed by atoms with Crippen molar-refractivity contribution in [1.29, 1.82) is 0 Å². The molecule has 1 aliphatic heterocycles. The van der Waals surface area contributed by atoms with E-state index in [4.69, 9.17) is 9.47 Å². The second-order valence-electron chi connectivity index (χ2n) is 4.96. The first-order chi connectivity index (χ1) is 9.70. The molecule has 6 heteroatoms. The molecule has 0 radical (unpaired) electrons. The van der Waals surface area contributed by atoms with Gasteiger partial charge in [-0.2, -0.15) is 0 Å². The van der Waals surface area contributed by atoms with Crippen LogP contribution in [0, 0.1) is 0 Å². The molecule has 1 unspecified atom stereocenters. The molecule has 0 bridgehead atoms. The van der Waals surface area contributed by atoms with Crippen molar-refractivity contribution in [2.75, 3.05) is 33.9 Å². The second-order valence-corrected chi connectivity index (χ2v) is 4.96. The zero-order chi connectivity index (χ0) is 14.4. The molecule has 1 aromatic rings. The van der Waals surface area contributed by atoms with E-state index in [1.807, 2.05) is 31.3 Å². The van der Waals surface area contributed by atoms with E-state index in [0.29, 0.717) is 19.6 Å². The van der Waals surface area contributed by atoms with Gasteiger partial charge in [0.25, 0.3) is 0 Å². The minimum absolute atomic E-state index is 0. The first-order valence-corrected chi connectivity index (χ1v) is 6.89. The molecular weight excluding hydrogens is 292 g/mol. The summed E-state index contributed by atoms with van der Waals surface area (Å²) < 4.78 is 10.9. The summed E-state index contributed by atoms with van der Waals surface area (Å²) in [5.74, 6) is 0.896. The van der Waals surface area contributed by atoms with Crippen molar-refractivity contribution in [1.82, 2.24) is 10.2 Å². The van der Waals surface area contributed by atoms with E-state index in [0.717, 1.165) is 24.4 Å². The quantitative estimate of drug-likeness (QED) is 0.894. The highest BCUT2D eigenvalue weighted by Crippen LogP contribution is 2.19. The average molecular weight is 315 g/mol. The molecule has 0 aromatic heterocycles. The van der Waals surface area contributed by atoms with Crippen LogP contribution in [0.25, 0.3) is 0 Å². The van der Waals surface area contributed by atoms with E-state index in [1.54, 1.807) is 12.0 Å². The van der Waals surface area contributed by atoms with Gasteiger partial charge in [-0.3, -0.25) is 4.79 Å². The van der Waals surface area contributed by atoms with E-state index < -0.39 is 0 Å². The van der Waals surface area contributed by atoms with Crippen molar-refractivity contribution < 1.29 is 14.3 Å². The fraction of sp³-hybridized carbons (Fsp3) is 0.533. The summed E-state index contributed by atoms with van der Waals surface area (Å²) in [6.07, 6.45) is 0.398. The molecule has 0 aliphatic carbocycles. The lowest BCUT2D eigenvalue weighted by atomic mass is 10.1. The van der Waals surface area contributed by atoms with E-state index in [1.165, 1.54) is 0 Å². The fourth-order valence-electron chi connectivity index (χ4n) is 2.28. The number of carbonyl (C=O) groups is 1.